The molecule has 0 spiro atoms. The van der Waals surface area contributed by atoms with Gasteiger partial charge in [-0.05, 0) is 73.0 Å². The molecule has 9 heteroatoms. The number of sulfonamides is 1. The van der Waals surface area contributed by atoms with Crippen molar-refractivity contribution in [2.24, 2.45) is 0 Å². The number of hydrogen-bond acceptors (Lipinski definition) is 5. The highest BCUT2D eigenvalue weighted by Gasteiger charge is 2.15. The van der Waals surface area contributed by atoms with Gasteiger partial charge in [0.2, 0.25) is 0 Å². The standard InChI is InChI=1S/C23H23N3.C8H9NO4S/c1-16-23(21-10-9-19-5-3-4-6-20(19)15-21)17(2)26(25-16)22-11-7-18(8-12-22)13-14-24;1-6-2-4-7(5-3-6)14(12,13)9-8(10)11/h3-12,15H,13-14,24H2,1-2H3;2-5,9H,1H3,(H,10,11). The molecular formula is C31H32N4O4S. The molecule has 4 N–H and O–H groups in total. The average Bonchev–Trinajstić information content (AvgIpc) is 3.22. The van der Waals surface area contributed by atoms with Crippen molar-refractivity contribution in [3.8, 4) is 16.8 Å². The summed E-state index contributed by atoms with van der Waals surface area (Å²) in [6.45, 7) is 6.95. The molecule has 1 heterocycles. The van der Waals surface area contributed by atoms with Crippen LogP contribution in [0.4, 0.5) is 4.79 Å². The molecule has 8 nitrogen and oxygen atoms in total. The molecule has 0 bridgehead atoms. The van der Waals surface area contributed by atoms with Crippen LogP contribution < -0.4 is 15.6 Å². The summed E-state index contributed by atoms with van der Waals surface area (Å²) in [6, 6.07) is 29.5. The number of benzene rings is 4. The highest BCUT2D eigenvalue weighted by Crippen LogP contribution is 2.31. The third-order valence-corrected chi connectivity index (χ3v) is 7.85. The second-order valence-corrected chi connectivity index (χ2v) is 11.2. The predicted molar refractivity (Wildman–Crippen MR) is 154 cm³/mol. The molecule has 0 fully saturated rings. The minimum Gasteiger partial charge on any atom is -0.529 e. The Morgan fingerprint density at radius 1 is 0.900 bits per heavy atom. The lowest BCUT2D eigenvalue weighted by Gasteiger charge is -2.08. The maximum absolute atomic E-state index is 11.2. The Morgan fingerprint density at radius 2 is 1.55 bits per heavy atom. The SMILES string of the molecule is Cc1ccc(S(=O)(=O)NC(=O)[O-])cc1.Cc1nn(-c2ccc(CC[NH3+])cc2)c(C)c1-c1ccc2ccccc2c1. The predicted octanol–water partition coefficient (Wildman–Crippen LogP) is 3.71. The number of carboxylic acid groups (broad SMARTS) is 1. The van der Waals surface area contributed by atoms with Crippen molar-refractivity contribution in [3.05, 3.63) is 114 Å². The number of aryl methyl sites for hydroxylation is 2. The molecule has 5 rings (SSSR count). The summed E-state index contributed by atoms with van der Waals surface area (Å²) in [7, 11) is -3.99. The van der Waals surface area contributed by atoms with Crippen LogP contribution in [0.2, 0.25) is 0 Å². The van der Waals surface area contributed by atoms with Crippen LogP contribution in [-0.4, -0.2) is 30.8 Å². The van der Waals surface area contributed by atoms with Gasteiger partial charge in [0.1, 0.15) is 6.09 Å². The molecule has 40 heavy (non-hydrogen) atoms. The van der Waals surface area contributed by atoms with Gasteiger partial charge < -0.3 is 15.6 Å². The second kappa shape index (κ2) is 12.1. The number of quaternary nitrogens is 1. The molecule has 0 saturated heterocycles. The first-order valence-corrected chi connectivity index (χ1v) is 14.3. The Morgan fingerprint density at radius 3 is 2.17 bits per heavy atom. The van der Waals surface area contributed by atoms with Gasteiger partial charge in [0.25, 0.3) is 10.0 Å². The highest BCUT2D eigenvalue weighted by atomic mass is 32.2. The van der Waals surface area contributed by atoms with Gasteiger partial charge in [-0.1, -0.05) is 66.2 Å². The number of rotatable bonds is 6. The molecule has 5 aromatic rings. The van der Waals surface area contributed by atoms with Crippen molar-refractivity contribution in [2.75, 3.05) is 6.54 Å². The molecule has 4 aromatic carbocycles. The van der Waals surface area contributed by atoms with Crippen LogP contribution in [0.5, 0.6) is 0 Å². The molecule has 206 valence electrons. The van der Waals surface area contributed by atoms with Crippen LogP contribution in [0.25, 0.3) is 27.6 Å². The molecule has 1 amide bonds. The van der Waals surface area contributed by atoms with Crippen molar-refractivity contribution in [3.63, 3.8) is 0 Å². The Bertz CT molecular complexity index is 1740. The fourth-order valence-electron chi connectivity index (χ4n) is 4.55. The minimum absolute atomic E-state index is 0.104. The number of nitrogens with zero attached hydrogens (tertiary/aromatic N) is 2. The summed E-state index contributed by atoms with van der Waals surface area (Å²) in [4.78, 5) is 9.95. The molecular weight excluding hydrogens is 524 g/mol. The summed E-state index contributed by atoms with van der Waals surface area (Å²) in [5, 5.41) is 17.4. The quantitative estimate of drug-likeness (QED) is 0.329. The normalized spacial score (nSPS) is 11.1. The minimum atomic E-state index is -3.99. The monoisotopic (exact) mass is 556 g/mol. The molecule has 0 aliphatic carbocycles. The van der Waals surface area contributed by atoms with E-state index in [2.05, 4.69) is 86.3 Å². The Hall–Kier alpha value is -4.47. The molecule has 0 aliphatic rings. The molecule has 0 atom stereocenters. The van der Waals surface area contributed by atoms with Gasteiger partial charge in [0.15, 0.2) is 0 Å². The van der Waals surface area contributed by atoms with E-state index in [-0.39, 0.29) is 4.90 Å². The lowest BCUT2D eigenvalue weighted by Crippen LogP contribution is -2.51. The van der Waals surface area contributed by atoms with E-state index in [9.17, 15) is 18.3 Å². The summed E-state index contributed by atoms with van der Waals surface area (Å²) in [5.41, 5.74) is 11.9. The maximum atomic E-state index is 11.2. The van der Waals surface area contributed by atoms with Gasteiger partial charge in [-0.15, -0.1) is 0 Å². The Labute approximate surface area is 234 Å². The van der Waals surface area contributed by atoms with E-state index in [4.69, 9.17) is 5.10 Å². The molecule has 0 unspecified atom stereocenters. The lowest BCUT2D eigenvalue weighted by molar-refractivity contribution is -0.366. The third-order valence-electron chi connectivity index (χ3n) is 6.52. The van der Waals surface area contributed by atoms with Gasteiger partial charge in [-0.25, -0.2) is 13.1 Å². The van der Waals surface area contributed by atoms with Crippen LogP contribution >= 0.6 is 0 Å². The largest absolute Gasteiger partial charge is 0.529 e. The summed E-state index contributed by atoms with van der Waals surface area (Å²) in [5.74, 6) is 0. The molecule has 0 radical (unpaired) electrons. The fraction of sp³-hybridized carbons (Fsp3) is 0.161. The maximum Gasteiger partial charge on any atom is 0.262 e. The van der Waals surface area contributed by atoms with Gasteiger partial charge >= 0.3 is 0 Å². The molecule has 1 aromatic heterocycles. The third kappa shape index (κ3) is 6.56. The van der Waals surface area contributed by atoms with Gasteiger partial charge in [0.05, 0.1) is 22.8 Å². The van der Waals surface area contributed by atoms with E-state index < -0.39 is 16.1 Å². The summed E-state index contributed by atoms with van der Waals surface area (Å²) in [6.07, 6.45) is -0.828. The first kappa shape index (κ1) is 28.5. The molecule has 0 saturated carbocycles. The zero-order chi connectivity index (χ0) is 28.9. The van der Waals surface area contributed by atoms with Crippen molar-refractivity contribution in [2.45, 2.75) is 32.1 Å². The number of amides is 1. The van der Waals surface area contributed by atoms with Crippen molar-refractivity contribution < 1.29 is 24.1 Å². The van der Waals surface area contributed by atoms with Crippen LogP contribution in [-0.2, 0) is 16.4 Å². The number of carbonyl (C=O) groups is 1. The van der Waals surface area contributed by atoms with Gasteiger partial charge in [0, 0.05) is 17.7 Å². The number of fused-ring (bicyclic) bond motifs is 1. The van der Waals surface area contributed by atoms with E-state index in [1.165, 1.54) is 50.0 Å². The van der Waals surface area contributed by atoms with Gasteiger partial charge in [-0.3, -0.25) is 4.72 Å². The first-order chi connectivity index (χ1) is 19.1. The Kier molecular flexibility index (Phi) is 8.67. The second-order valence-electron chi connectivity index (χ2n) is 9.50. The number of aromatic nitrogens is 2. The van der Waals surface area contributed by atoms with E-state index in [1.807, 2.05) is 4.68 Å². The van der Waals surface area contributed by atoms with Crippen molar-refractivity contribution in [1.82, 2.24) is 14.5 Å². The number of hydrogen-bond donors (Lipinski definition) is 2. The first-order valence-electron chi connectivity index (χ1n) is 12.8. The van der Waals surface area contributed by atoms with E-state index in [1.54, 1.807) is 19.1 Å². The highest BCUT2D eigenvalue weighted by molar-refractivity contribution is 7.90. The Balaban J connectivity index is 0.000000224. The van der Waals surface area contributed by atoms with Crippen LogP contribution in [0, 0.1) is 20.8 Å². The van der Waals surface area contributed by atoms with E-state index in [0.717, 1.165) is 29.9 Å². The van der Waals surface area contributed by atoms with Gasteiger partial charge in [-0.2, -0.15) is 5.10 Å². The zero-order valence-electron chi connectivity index (χ0n) is 22.7. The summed E-state index contributed by atoms with van der Waals surface area (Å²) >= 11 is 0. The fourth-order valence-corrected chi connectivity index (χ4v) is 5.38. The molecule has 0 aliphatic heterocycles. The topological polar surface area (TPSA) is 132 Å². The van der Waals surface area contributed by atoms with Crippen LogP contribution in [0.15, 0.2) is 95.9 Å². The lowest BCUT2D eigenvalue weighted by atomic mass is 10.00. The van der Waals surface area contributed by atoms with Crippen LogP contribution in [0.3, 0.4) is 0 Å². The number of nitrogens with one attached hydrogen (secondary N) is 1. The van der Waals surface area contributed by atoms with Crippen LogP contribution in [0.1, 0.15) is 22.5 Å². The number of carbonyl (C=O) groups excluding carboxylic acids is 1. The average molecular weight is 557 g/mol. The van der Waals surface area contributed by atoms with E-state index >= 15 is 0 Å². The summed E-state index contributed by atoms with van der Waals surface area (Å²) < 4.78 is 25.8. The van der Waals surface area contributed by atoms with E-state index in [0.29, 0.717) is 0 Å². The van der Waals surface area contributed by atoms with Crippen molar-refractivity contribution >= 4 is 26.9 Å². The van der Waals surface area contributed by atoms with Crippen molar-refractivity contribution in [1.29, 1.82) is 0 Å². The smallest absolute Gasteiger partial charge is 0.262 e. The zero-order valence-corrected chi connectivity index (χ0v) is 23.5.